The number of nitrogens with one attached hydrogen (secondary N) is 1. The van der Waals surface area contributed by atoms with Crippen molar-refractivity contribution < 1.29 is 4.79 Å². The molecule has 1 N–H and O–H groups in total. The standard InChI is InChI=1S/C10H18N2OS/c1-8-7-14-10(11-8)3-5-12(6-4-10)9(2)13/h8,11H,3-7H2,1-2H3. The number of hydrogen-bond acceptors (Lipinski definition) is 3. The fourth-order valence-electron chi connectivity index (χ4n) is 2.29. The van der Waals surface area contributed by atoms with Crippen LogP contribution in [-0.2, 0) is 4.79 Å². The van der Waals surface area contributed by atoms with Crippen LogP contribution in [0.3, 0.4) is 0 Å². The number of nitrogens with zero attached hydrogens (tertiary/aromatic N) is 1. The molecule has 2 saturated heterocycles. The molecule has 0 aliphatic carbocycles. The molecule has 2 fully saturated rings. The van der Waals surface area contributed by atoms with E-state index in [4.69, 9.17) is 0 Å². The lowest BCUT2D eigenvalue weighted by molar-refractivity contribution is -0.130. The summed E-state index contributed by atoms with van der Waals surface area (Å²) in [6.07, 6.45) is 2.20. The van der Waals surface area contributed by atoms with Gasteiger partial charge in [0.15, 0.2) is 0 Å². The van der Waals surface area contributed by atoms with Crippen LogP contribution in [0, 0.1) is 0 Å². The Hall–Kier alpha value is -0.220. The highest BCUT2D eigenvalue weighted by Crippen LogP contribution is 2.38. The molecule has 0 radical (unpaired) electrons. The molecule has 0 bridgehead atoms. The van der Waals surface area contributed by atoms with Crippen molar-refractivity contribution in [2.75, 3.05) is 18.8 Å². The lowest BCUT2D eigenvalue weighted by Gasteiger charge is -2.38. The minimum atomic E-state index is 0.218. The van der Waals surface area contributed by atoms with Gasteiger partial charge in [0.05, 0.1) is 4.87 Å². The maximum atomic E-state index is 11.2. The highest BCUT2D eigenvalue weighted by atomic mass is 32.2. The van der Waals surface area contributed by atoms with Gasteiger partial charge in [-0.05, 0) is 19.8 Å². The lowest BCUT2D eigenvalue weighted by atomic mass is 10.0. The van der Waals surface area contributed by atoms with Gasteiger partial charge in [-0.3, -0.25) is 10.1 Å². The molecule has 1 atom stereocenters. The number of piperidine rings is 1. The molecule has 0 saturated carbocycles. The molecule has 0 aromatic carbocycles. The van der Waals surface area contributed by atoms with Crippen LogP contribution in [0.4, 0.5) is 0 Å². The third-order valence-corrected chi connectivity index (χ3v) is 4.88. The maximum Gasteiger partial charge on any atom is 0.219 e. The van der Waals surface area contributed by atoms with Crippen LogP contribution in [-0.4, -0.2) is 40.6 Å². The Kier molecular flexibility index (Phi) is 2.75. The van der Waals surface area contributed by atoms with Gasteiger partial charge in [-0.25, -0.2) is 0 Å². The highest BCUT2D eigenvalue weighted by molar-refractivity contribution is 8.00. The summed E-state index contributed by atoms with van der Waals surface area (Å²) < 4.78 is 0. The van der Waals surface area contributed by atoms with Crippen LogP contribution in [0.1, 0.15) is 26.7 Å². The van der Waals surface area contributed by atoms with Gasteiger partial charge in [0.1, 0.15) is 0 Å². The number of likely N-dealkylation sites (tertiary alicyclic amines) is 1. The molecule has 3 nitrogen and oxygen atoms in total. The highest BCUT2D eigenvalue weighted by Gasteiger charge is 2.40. The molecule has 0 aromatic heterocycles. The number of hydrogen-bond donors (Lipinski definition) is 1. The molecular weight excluding hydrogens is 196 g/mol. The first-order valence-electron chi connectivity index (χ1n) is 5.28. The topological polar surface area (TPSA) is 32.3 Å². The number of carbonyl (C=O) groups excluding carboxylic acids is 1. The summed E-state index contributed by atoms with van der Waals surface area (Å²) in [6.45, 7) is 5.74. The second kappa shape index (κ2) is 3.74. The number of thioether (sulfide) groups is 1. The second-order valence-electron chi connectivity index (χ2n) is 4.36. The van der Waals surface area contributed by atoms with Crippen molar-refractivity contribution >= 4 is 17.7 Å². The van der Waals surface area contributed by atoms with Gasteiger partial charge < -0.3 is 4.90 Å². The van der Waals surface area contributed by atoms with E-state index in [1.165, 1.54) is 5.75 Å². The normalized spacial score (nSPS) is 31.0. The summed E-state index contributed by atoms with van der Waals surface area (Å²) in [5.74, 6) is 1.43. The predicted molar refractivity (Wildman–Crippen MR) is 59.3 cm³/mol. The van der Waals surface area contributed by atoms with Gasteiger partial charge in [0.2, 0.25) is 5.91 Å². The van der Waals surface area contributed by atoms with Crippen LogP contribution in [0.5, 0.6) is 0 Å². The third-order valence-electron chi connectivity index (χ3n) is 3.14. The number of carbonyl (C=O) groups is 1. The average Bonchev–Trinajstić information content (AvgIpc) is 2.48. The molecule has 2 aliphatic rings. The van der Waals surface area contributed by atoms with Crippen molar-refractivity contribution in [2.45, 2.75) is 37.6 Å². The van der Waals surface area contributed by atoms with Gasteiger partial charge >= 0.3 is 0 Å². The first-order chi connectivity index (χ1) is 6.61. The minimum Gasteiger partial charge on any atom is -0.343 e. The van der Waals surface area contributed by atoms with E-state index in [1.807, 2.05) is 16.7 Å². The molecule has 1 unspecified atom stereocenters. The Morgan fingerprint density at radius 2 is 2.14 bits per heavy atom. The van der Waals surface area contributed by atoms with Crippen LogP contribution >= 0.6 is 11.8 Å². The third kappa shape index (κ3) is 1.91. The number of amides is 1. The Balaban J connectivity index is 1.92. The summed E-state index contributed by atoms with van der Waals surface area (Å²) in [6, 6.07) is 0.629. The SMILES string of the molecule is CC(=O)N1CCC2(CC1)NC(C)CS2. The van der Waals surface area contributed by atoms with Crippen molar-refractivity contribution in [1.29, 1.82) is 0 Å². The Morgan fingerprint density at radius 1 is 1.50 bits per heavy atom. The fraction of sp³-hybridized carbons (Fsp3) is 0.900. The molecule has 80 valence electrons. The summed E-state index contributed by atoms with van der Waals surface area (Å²) in [7, 11) is 0. The van der Waals surface area contributed by atoms with Gasteiger partial charge in [-0.1, -0.05) is 0 Å². The van der Waals surface area contributed by atoms with E-state index in [-0.39, 0.29) is 10.8 Å². The molecule has 4 heteroatoms. The number of rotatable bonds is 0. The van der Waals surface area contributed by atoms with E-state index >= 15 is 0 Å². The summed E-state index contributed by atoms with van der Waals surface area (Å²) in [4.78, 5) is 13.4. The zero-order valence-electron chi connectivity index (χ0n) is 8.88. The lowest BCUT2D eigenvalue weighted by Crippen LogP contribution is -2.50. The Bertz CT molecular complexity index is 236. The van der Waals surface area contributed by atoms with Crippen molar-refractivity contribution in [1.82, 2.24) is 10.2 Å². The largest absolute Gasteiger partial charge is 0.343 e. The molecule has 2 aliphatic heterocycles. The molecule has 14 heavy (non-hydrogen) atoms. The van der Waals surface area contributed by atoms with E-state index in [0.717, 1.165) is 25.9 Å². The molecular formula is C10H18N2OS. The van der Waals surface area contributed by atoms with E-state index in [1.54, 1.807) is 6.92 Å². The van der Waals surface area contributed by atoms with Crippen LogP contribution in [0.15, 0.2) is 0 Å². The molecule has 0 aromatic rings. The second-order valence-corrected chi connectivity index (χ2v) is 5.76. The summed E-state index contributed by atoms with van der Waals surface area (Å²) in [5, 5.41) is 3.65. The smallest absolute Gasteiger partial charge is 0.219 e. The van der Waals surface area contributed by atoms with Gasteiger partial charge in [0, 0.05) is 31.8 Å². The monoisotopic (exact) mass is 214 g/mol. The zero-order valence-corrected chi connectivity index (χ0v) is 9.69. The van der Waals surface area contributed by atoms with Crippen molar-refractivity contribution in [2.24, 2.45) is 0 Å². The van der Waals surface area contributed by atoms with Crippen molar-refractivity contribution in [3.05, 3.63) is 0 Å². The molecule has 1 amide bonds. The van der Waals surface area contributed by atoms with Crippen LogP contribution < -0.4 is 5.32 Å². The minimum absolute atomic E-state index is 0.218. The fourth-order valence-corrected chi connectivity index (χ4v) is 3.70. The van der Waals surface area contributed by atoms with Crippen molar-refractivity contribution in [3.63, 3.8) is 0 Å². The van der Waals surface area contributed by atoms with E-state index in [9.17, 15) is 4.79 Å². The van der Waals surface area contributed by atoms with E-state index < -0.39 is 0 Å². The van der Waals surface area contributed by atoms with Gasteiger partial charge in [-0.15, -0.1) is 11.8 Å². The summed E-state index contributed by atoms with van der Waals surface area (Å²) >= 11 is 2.04. The predicted octanol–water partition coefficient (Wildman–Crippen LogP) is 1.05. The first-order valence-corrected chi connectivity index (χ1v) is 6.27. The Morgan fingerprint density at radius 3 is 2.57 bits per heavy atom. The molecule has 2 heterocycles. The summed E-state index contributed by atoms with van der Waals surface area (Å²) in [5.41, 5.74) is 0. The zero-order chi connectivity index (χ0) is 10.2. The molecule has 1 spiro atoms. The first kappa shape index (κ1) is 10.3. The van der Waals surface area contributed by atoms with E-state index in [0.29, 0.717) is 6.04 Å². The quantitative estimate of drug-likeness (QED) is 0.654. The maximum absolute atomic E-state index is 11.2. The van der Waals surface area contributed by atoms with Crippen molar-refractivity contribution in [3.8, 4) is 0 Å². The van der Waals surface area contributed by atoms with Gasteiger partial charge in [-0.2, -0.15) is 0 Å². The molecule has 2 rings (SSSR count). The van der Waals surface area contributed by atoms with Gasteiger partial charge in [0.25, 0.3) is 0 Å². The average molecular weight is 214 g/mol. The Labute approximate surface area is 89.6 Å². The van der Waals surface area contributed by atoms with Crippen LogP contribution in [0.25, 0.3) is 0 Å². The van der Waals surface area contributed by atoms with Crippen LogP contribution in [0.2, 0.25) is 0 Å². The van der Waals surface area contributed by atoms with E-state index in [2.05, 4.69) is 12.2 Å².